The van der Waals surface area contributed by atoms with Crippen LogP contribution >= 0.6 is 0 Å². The number of nitrogens with zero attached hydrogens (tertiary/aromatic N) is 1. The van der Waals surface area contributed by atoms with Gasteiger partial charge in [0, 0.05) is 26.1 Å². The predicted molar refractivity (Wildman–Crippen MR) is 129 cm³/mol. The van der Waals surface area contributed by atoms with E-state index in [0.29, 0.717) is 37.6 Å². The summed E-state index contributed by atoms with van der Waals surface area (Å²) in [4.78, 5) is 27.5. The van der Waals surface area contributed by atoms with Gasteiger partial charge in [0.15, 0.2) is 11.5 Å². The summed E-state index contributed by atoms with van der Waals surface area (Å²) in [6.45, 7) is 5.33. The highest BCUT2D eigenvalue weighted by Gasteiger charge is 2.41. The van der Waals surface area contributed by atoms with E-state index in [1.54, 1.807) is 14.2 Å². The van der Waals surface area contributed by atoms with E-state index < -0.39 is 6.09 Å². The zero-order valence-electron chi connectivity index (χ0n) is 20.5. The lowest BCUT2D eigenvalue weighted by Gasteiger charge is -2.27. The summed E-state index contributed by atoms with van der Waals surface area (Å²) in [5, 5.41) is 0. The minimum atomic E-state index is -0.562. The van der Waals surface area contributed by atoms with Gasteiger partial charge < -0.3 is 18.9 Å². The third kappa shape index (κ3) is 6.50. The average Bonchev–Trinajstić information content (AvgIpc) is 3.20. The monoisotopic (exact) mass is 469 g/mol. The van der Waals surface area contributed by atoms with Gasteiger partial charge in [0.1, 0.15) is 6.61 Å². The molecule has 0 aliphatic carbocycles. The minimum Gasteiger partial charge on any atom is -0.493 e. The molecule has 1 aliphatic heterocycles. The van der Waals surface area contributed by atoms with Gasteiger partial charge in [-0.2, -0.15) is 0 Å². The maximum Gasteiger partial charge on any atom is 0.416 e. The Kier molecular flexibility index (Phi) is 9.33. The van der Waals surface area contributed by atoms with E-state index in [4.69, 9.17) is 18.9 Å². The molecule has 1 fully saturated rings. The Balaban J connectivity index is 1.76. The molecule has 1 heterocycles. The van der Waals surface area contributed by atoms with Crippen molar-refractivity contribution in [2.75, 3.05) is 34.0 Å². The van der Waals surface area contributed by atoms with Gasteiger partial charge in [-0.05, 0) is 42.0 Å². The molecular formula is C27H35NO6. The van der Waals surface area contributed by atoms with Crippen LogP contribution in [0.5, 0.6) is 11.5 Å². The fraction of sp³-hybridized carbons (Fsp3) is 0.481. The molecule has 0 saturated carbocycles. The molecule has 2 aromatic rings. The van der Waals surface area contributed by atoms with Gasteiger partial charge in [-0.3, -0.25) is 4.79 Å². The average molecular weight is 470 g/mol. The first-order valence-corrected chi connectivity index (χ1v) is 11.8. The molecule has 2 amide bonds. The predicted octanol–water partition coefficient (Wildman–Crippen LogP) is 4.52. The van der Waals surface area contributed by atoms with Crippen LogP contribution in [0.4, 0.5) is 4.79 Å². The highest BCUT2D eigenvalue weighted by molar-refractivity contribution is 5.95. The topological polar surface area (TPSA) is 74.3 Å². The molecule has 3 rings (SSSR count). The molecule has 7 nitrogen and oxygen atoms in total. The number of imide groups is 1. The summed E-state index contributed by atoms with van der Waals surface area (Å²) in [6.07, 6.45) is 1.26. The lowest BCUT2D eigenvalue weighted by Crippen LogP contribution is -2.45. The molecule has 184 valence electrons. The number of ether oxygens (including phenoxy) is 4. The number of amides is 2. The Labute approximate surface area is 201 Å². The normalized spacial score (nSPS) is 16.4. The SMILES string of the molecule is COCCCOc1cc(C[C@@H](C(=O)N2C(=O)OC[C@H]2Cc2ccccc2)C(C)C)ccc1OC. The fourth-order valence-electron chi connectivity index (χ4n) is 4.15. The maximum atomic E-state index is 13.6. The van der Waals surface area contributed by atoms with Crippen LogP contribution in [0.25, 0.3) is 0 Å². The number of hydrogen-bond acceptors (Lipinski definition) is 6. The van der Waals surface area contributed by atoms with Crippen molar-refractivity contribution in [1.82, 2.24) is 4.90 Å². The largest absolute Gasteiger partial charge is 0.493 e. The van der Waals surface area contributed by atoms with Crippen LogP contribution in [0.2, 0.25) is 0 Å². The molecule has 0 radical (unpaired) electrons. The van der Waals surface area contributed by atoms with Crippen LogP contribution < -0.4 is 9.47 Å². The quantitative estimate of drug-likeness (QED) is 0.426. The number of hydrogen-bond donors (Lipinski definition) is 0. The lowest BCUT2D eigenvalue weighted by molar-refractivity contribution is -0.134. The van der Waals surface area contributed by atoms with Crippen molar-refractivity contribution < 1.29 is 28.5 Å². The van der Waals surface area contributed by atoms with Crippen LogP contribution in [0.3, 0.4) is 0 Å². The molecule has 0 unspecified atom stereocenters. The third-order valence-electron chi connectivity index (χ3n) is 6.07. The highest BCUT2D eigenvalue weighted by atomic mass is 16.6. The highest BCUT2D eigenvalue weighted by Crippen LogP contribution is 2.31. The molecule has 7 heteroatoms. The standard InChI is InChI=1S/C27H35NO6/c1-19(2)23(16-21-11-12-24(32-4)25(17-21)33-14-8-13-31-3)26(29)28-22(18-34-27(28)30)15-20-9-6-5-7-10-20/h5-7,9-12,17,19,22-23H,8,13-16,18H2,1-4H3/t22-,23-/m1/s1. The second-order valence-corrected chi connectivity index (χ2v) is 8.86. The Morgan fingerprint density at radius 1 is 1.06 bits per heavy atom. The van der Waals surface area contributed by atoms with Crippen molar-refractivity contribution in [3.05, 3.63) is 59.7 Å². The van der Waals surface area contributed by atoms with Gasteiger partial charge >= 0.3 is 6.09 Å². The van der Waals surface area contributed by atoms with Gasteiger partial charge in [-0.25, -0.2) is 9.69 Å². The number of carbonyl (C=O) groups is 2. The summed E-state index contributed by atoms with van der Waals surface area (Å²) >= 11 is 0. The Morgan fingerprint density at radius 3 is 2.50 bits per heavy atom. The van der Waals surface area contributed by atoms with Crippen LogP contribution in [0.1, 0.15) is 31.4 Å². The molecule has 0 bridgehead atoms. The van der Waals surface area contributed by atoms with Crippen molar-refractivity contribution in [2.45, 2.75) is 39.2 Å². The molecule has 1 aliphatic rings. The lowest BCUT2D eigenvalue weighted by atomic mass is 9.87. The van der Waals surface area contributed by atoms with Crippen LogP contribution in [0, 0.1) is 11.8 Å². The van der Waals surface area contributed by atoms with E-state index in [2.05, 4.69) is 0 Å². The smallest absolute Gasteiger partial charge is 0.416 e. The Morgan fingerprint density at radius 2 is 1.82 bits per heavy atom. The Bertz CT molecular complexity index is 945. The van der Waals surface area contributed by atoms with Gasteiger partial charge in [0.2, 0.25) is 5.91 Å². The number of methoxy groups -OCH3 is 2. The molecule has 2 aromatic carbocycles. The van der Waals surface area contributed by atoms with Crippen molar-refractivity contribution in [2.24, 2.45) is 11.8 Å². The van der Waals surface area contributed by atoms with Crippen molar-refractivity contribution >= 4 is 12.0 Å². The molecule has 0 spiro atoms. The van der Waals surface area contributed by atoms with E-state index in [0.717, 1.165) is 17.5 Å². The molecule has 0 aromatic heterocycles. The van der Waals surface area contributed by atoms with Crippen LogP contribution in [-0.4, -0.2) is 57.0 Å². The summed E-state index contributed by atoms with van der Waals surface area (Å²) in [6, 6.07) is 15.2. The van der Waals surface area contributed by atoms with E-state index in [1.165, 1.54) is 4.90 Å². The second kappa shape index (κ2) is 12.4. The van der Waals surface area contributed by atoms with Gasteiger partial charge in [0.25, 0.3) is 0 Å². The minimum absolute atomic E-state index is 0.0337. The molecule has 1 saturated heterocycles. The van der Waals surface area contributed by atoms with Crippen molar-refractivity contribution in [3.63, 3.8) is 0 Å². The zero-order valence-corrected chi connectivity index (χ0v) is 20.5. The summed E-state index contributed by atoms with van der Waals surface area (Å²) < 4.78 is 21.7. The number of rotatable bonds is 12. The van der Waals surface area contributed by atoms with Crippen LogP contribution in [-0.2, 0) is 27.1 Å². The molecule has 2 atom stereocenters. The third-order valence-corrected chi connectivity index (χ3v) is 6.07. The first-order chi connectivity index (χ1) is 16.4. The van der Waals surface area contributed by atoms with E-state index >= 15 is 0 Å². The second-order valence-electron chi connectivity index (χ2n) is 8.86. The molecule has 0 N–H and O–H groups in total. The number of benzene rings is 2. The first kappa shape index (κ1) is 25.6. The first-order valence-electron chi connectivity index (χ1n) is 11.8. The van der Waals surface area contributed by atoms with Gasteiger partial charge in [-0.15, -0.1) is 0 Å². The summed E-state index contributed by atoms with van der Waals surface area (Å²) in [5.41, 5.74) is 2.01. The zero-order chi connectivity index (χ0) is 24.5. The van der Waals surface area contributed by atoms with Gasteiger partial charge in [-0.1, -0.05) is 50.2 Å². The number of carbonyl (C=O) groups excluding carboxylic acids is 2. The van der Waals surface area contributed by atoms with Gasteiger partial charge in [0.05, 0.1) is 19.8 Å². The fourth-order valence-corrected chi connectivity index (χ4v) is 4.15. The van der Waals surface area contributed by atoms with E-state index in [-0.39, 0.29) is 30.4 Å². The summed E-state index contributed by atoms with van der Waals surface area (Å²) in [5.74, 6) is 0.732. The summed E-state index contributed by atoms with van der Waals surface area (Å²) in [7, 11) is 3.26. The Hall–Kier alpha value is -3.06. The van der Waals surface area contributed by atoms with E-state index in [9.17, 15) is 9.59 Å². The number of cyclic esters (lactones) is 1. The van der Waals surface area contributed by atoms with Crippen molar-refractivity contribution in [3.8, 4) is 11.5 Å². The van der Waals surface area contributed by atoms with Crippen molar-refractivity contribution in [1.29, 1.82) is 0 Å². The molecular weight excluding hydrogens is 434 g/mol. The van der Waals surface area contributed by atoms with Crippen LogP contribution in [0.15, 0.2) is 48.5 Å². The maximum absolute atomic E-state index is 13.6. The van der Waals surface area contributed by atoms with E-state index in [1.807, 2.05) is 62.4 Å². The molecule has 34 heavy (non-hydrogen) atoms.